The number of aryl methyl sites for hydroxylation is 2. The lowest BCUT2D eigenvalue weighted by molar-refractivity contribution is 0.101. The summed E-state index contributed by atoms with van der Waals surface area (Å²) < 4.78 is 10.7. The molecule has 0 amide bonds. The predicted molar refractivity (Wildman–Crippen MR) is 73.8 cm³/mol. The van der Waals surface area contributed by atoms with Gasteiger partial charge in [-0.2, -0.15) is 4.98 Å². The fraction of sp³-hybridized carbons (Fsp3) is 0.400. The number of aromatic nitrogens is 2. The van der Waals surface area contributed by atoms with Crippen LogP contribution >= 0.6 is 0 Å². The van der Waals surface area contributed by atoms with E-state index in [1.54, 1.807) is 19.1 Å². The average Bonchev–Trinajstić information content (AvgIpc) is 2.85. The number of carbonyl (C=O) groups excluding carboxylic acids is 1. The predicted octanol–water partition coefficient (Wildman–Crippen LogP) is 3.11. The van der Waals surface area contributed by atoms with Gasteiger partial charge in [0.2, 0.25) is 11.7 Å². The van der Waals surface area contributed by atoms with Crippen molar-refractivity contribution >= 4 is 5.78 Å². The highest BCUT2D eigenvalue weighted by Crippen LogP contribution is 2.20. The summed E-state index contributed by atoms with van der Waals surface area (Å²) in [6, 6.07) is 5.36. The number of hydrogen-bond donors (Lipinski definition) is 0. The minimum absolute atomic E-state index is 0.0435. The topological polar surface area (TPSA) is 65.2 Å². The Morgan fingerprint density at radius 2 is 2.20 bits per heavy atom. The first-order chi connectivity index (χ1) is 9.60. The molecule has 0 saturated carbocycles. The molecule has 1 heterocycles. The molecule has 106 valence electrons. The molecule has 2 rings (SSSR count). The van der Waals surface area contributed by atoms with Gasteiger partial charge >= 0.3 is 0 Å². The highest BCUT2D eigenvalue weighted by molar-refractivity contribution is 5.94. The van der Waals surface area contributed by atoms with Gasteiger partial charge in [0.25, 0.3) is 0 Å². The lowest BCUT2D eigenvalue weighted by atomic mass is 10.1. The third kappa shape index (κ3) is 3.44. The minimum atomic E-state index is 0.0435. The first-order valence-corrected chi connectivity index (χ1v) is 6.66. The monoisotopic (exact) mass is 274 g/mol. The van der Waals surface area contributed by atoms with Crippen molar-refractivity contribution in [3.8, 4) is 5.75 Å². The normalized spacial score (nSPS) is 10.6. The Balaban J connectivity index is 2.01. The van der Waals surface area contributed by atoms with Crippen molar-refractivity contribution in [3.63, 3.8) is 0 Å². The zero-order valence-corrected chi connectivity index (χ0v) is 12.0. The number of hydrogen-bond acceptors (Lipinski definition) is 5. The molecule has 1 aromatic heterocycles. The van der Waals surface area contributed by atoms with Gasteiger partial charge in [-0.1, -0.05) is 12.1 Å². The second-order valence-corrected chi connectivity index (χ2v) is 4.68. The number of ketones is 1. The SMILES string of the molecule is CCCc1nc(COc2ccc(C(C)=O)cc2C)no1. The smallest absolute Gasteiger partial charge is 0.226 e. The van der Waals surface area contributed by atoms with E-state index < -0.39 is 0 Å². The quantitative estimate of drug-likeness (QED) is 0.757. The molecule has 0 bridgehead atoms. The van der Waals surface area contributed by atoms with Crippen LogP contribution in [0.3, 0.4) is 0 Å². The number of carbonyl (C=O) groups is 1. The summed E-state index contributed by atoms with van der Waals surface area (Å²) in [5.41, 5.74) is 1.59. The van der Waals surface area contributed by atoms with Gasteiger partial charge in [-0.05, 0) is 44.0 Å². The van der Waals surface area contributed by atoms with Crippen molar-refractivity contribution < 1.29 is 14.1 Å². The standard InChI is InChI=1S/C15H18N2O3/c1-4-5-15-16-14(17-20-15)9-19-13-7-6-12(11(3)18)8-10(13)2/h6-8H,4-5,9H2,1-3H3. The van der Waals surface area contributed by atoms with Gasteiger partial charge in [-0.15, -0.1) is 0 Å². The van der Waals surface area contributed by atoms with Crippen molar-refractivity contribution in [1.29, 1.82) is 0 Å². The molecule has 0 aliphatic carbocycles. The van der Waals surface area contributed by atoms with Crippen molar-refractivity contribution in [3.05, 3.63) is 41.0 Å². The van der Waals surface area contributed by atoms with Gasteiger partial charge < -0.3 is 9.26 Å². The van der Waals surface area contributed by atoms with Crippen molar-refractivity contribution in [1.82, 2.24) is 10.1 Å². The Hall–Kier alpha value is -2.17. The lowest BCUT2D eigenvalue weighted by Crippen LogP contribution is -2.00. The number of rotatable bonds is 6. The molecular weight excluding hydrogens is 256 g/mol. The van der Waals surface area contributed by atoms with Crippen LogP contribution in [0.25, 0.3) is 0 Å². The van der Waals surface area contributed by atoms with E-state index >= 15 is 0 Å². The fourth-order valence-corrected chi connectivity index (χ4v) is 1.84. The number of nitrogens with zero attached hydrogens (tertiary/aromatic N) is 2. The van der Waals surface area contributed by atoms with Crippen LogP contribution in [0.15, 0.2) is 22.7 Å². The molecule has 0 spiro atoms. The van der Waals surface area contributed by atoms with Gasteiger partial charge in [0.15, 0.2) is 12.4 Å². The Morgan fingerprint density at radius 1 is 1.40 bits per heavy atom. The average molecular weight is 274 g/mol. The molecule has 0 N–H and O–H groups in total. The first kappa shape index (κ1) is 14.2. The van der Waals surface area contributed by atoms with Crippen LogP contribution in [0.5, 0.6) is 5.75 Å². The summed E-state index contributed by atoms with van der Waals surface area (Å²) in [7, 11) is 0. The maximum absolute atomic E-state index is 11.3. The fourth-order valence-electron chi connectivity index (χ4n) is 1.84. The molecule has 0 fully saturated rings. The van der Waals surface area contributed by atoms with Crippen LogP contribution in [0.2, 0.25) is 0 Å². The summed E-state index contributed by atoms with van der Waals surface area (Å²) in [6.45, 7) is 5.76. The Kier molecular flexibility index (Phi) is 4.50. The van der Waals surface area contributed by atoms with E-state index in [4.69, 9.17) is 9.26 Å². The summed E-state index contributed by atoms with van der Waals surface area (Å²) in [5.74, 6) is 1.93. The highest BCUT2D eigenvalue weighted by Gasteiger charge is 2.08. The molecule has 0 unspecified atom stereocenters. The largest absolute Gasteiger partial charge is 0.485 e. The van der Waals surface area contributed by atoms with Gasteiger partial charge in [0, 0.05) is 12.0 Å². The van der Waals surface area contributed by atoms with E-state index in [2.05, 4.69) is 17.1 Å². The van der Waals surface area contributed by atoms with Crippen LogP contribution in [0.1, 0.15) is 47.9 Å². The molecule has 0 radical (unpaired) electrons. The number of benzene rings is 1. The lowest BCUT2D eigenvalue weighted by Gasteiger charge is -2.07. The van der Waals surface area contributed by atoms with E-state index in [9.17, 15) is 4.79 Å². The van der Waals surface area contributed by atoms with Crippen LogP contribution < -0.4 is 4.74 Å². The van der Waals surface area contributed by atoms with E-state index in [0.717, 1.165) is 24.2 Å². The molecule has 1 aromatic carbocycles. The van der Waals surface area contributed by atoms with Gasteiger partial charge in [0.1, 0.15) is 5.75 Å². The van der Waals surface area contributed by atoms with E-state index in [1.807, 2.05) is 13.0 Å². The van der Waals surface area contributed by atoms with Crippen molar-refractivity contribution in [2.45, 2.75) is 40.2 Å². The van der Waals surface area contributed by atoms with Crippen LogP contribution in [0, 0.1) is 6.92 Å². The first-order valence-electron chi connectivity index (χ1n) is 6.66. The minimum Gasteiger partial charge on any atom is -0.485 e. The Bertz CT molecular complexity index is 605. The van der Waals surface area contributed by atoms with Gasteiger partial charge in [-0.25, -0.2) is 0 Å². The van der Waals surface area contributed by atoms with Crippen molar-refractivity contribution in [2.24, 2.45) is 0 Å². The molecule has 0 aliphatic rings. The molecule has 0 atom stereocenters. The summed E-state index contributed by atoms with van der Waals surface area (Å²) in [6.07, 6.45) is 1.74. The van der Waals surface area contributed by atoms with Gasteiger partial charge in [-0.3, -0.25) is 4.79 Å². The van der Waals surface area contributed by atoms with E-state index in [0.29, 0.717) is 17.3 Å². The summed E-state index contributed by atoms with van der Waals surface area (Å²) in [4.78, 5) is 15.5. The zero-order valence-electron chi connectivity index (χ0n) is 12.0. The maximum atomic E-state index is 11.3. The molecular formula is C15H18N2O3. The molecule has 5 heteroatoms. The van der Waals surface area contributed by atoms with E-state index in [-0.39, 0.29) is 12.4 Å². The molecule has 5 nitrogen and oxygen atoms in total. The van der Waals surface area contributed by atoms with Crippen LogP contribution in [0.4, 0.5) is 0 Å². The summed E-state index contributed by atoms with van der Waals surface area (Å²) >= 11 is 0. The number of Topliss-reactive ketones (excluding diaryl/α,β-unsaturated/α-hetero) is 1. The summed E-state index contributed by atoms with van der Waals surface area (Å²) in [5, 5.41) is 3.86. The number of ether oxygens (including phenoxy) is 1. The van der Waals surface area contributed by atoms with Gasteiger partial charge in [0.05, 0.1) is 0 Å². The molecule has 20 heavy (non-hydrogen) atoms. The Labute approximate surface area is 118 Å². The van der Waals surface area contributed by atoms with E-state index in [1.165, 1.54) is 0 Å². The molecule has 0 aliphatic heterocycles. The highest BCUT2D eigenvalue weighted by atomic mass is 16.5. The van der Waals surface area contributed by atoms with Crippen LogP contribution in [-0.4, -0.2) is 15.9 Å². The van der Waals surface area contributed by atoms with Crippen molar-refractivity contribution in [2.75, 3.05) is 0 Å². The second kappa shape index (κ2) is 6.32. The zero-order chi connectivity index (χ0) is 14.5. The third-order valence-corrected chi connectivity index (χ3v) is 2.91. The second-order valence-electron chi connectivity index (χ2n) is 4.68. The molecule has 2 aromatic rings. The Morgan fingerprint density at radius 3 is 2.85 bits per heavy atom. The van der Waals surface area contributed by atoms with Crippen LogP contribution in [-0.2, 0) is 13.0 Å². The third-order valence-electron chi connectivity index (χ3n) is 2.91. The molecule has 0 saturated heterocycles. The maximum Gasteiger partial charge on any atom is 0.226 e.